The lowest BCUT2D eigenvalue weighted by atomic mass is 10.1. The lowest BCUT2D eigenvalue weighted by Gasteiger charge is -1.96. The number of rotatable bonds is 3. The highest BCUT2D eigenvalue weighted by Crippen LogP contribution is 2.24. The fourth-order valence-corrected chi connectivity index (χ4v) is 1.62. The van der Waals surface area contributed by atoms with E-state index in [9.17, 15) is 9.18 Å². The zero-order valence-electron chi connectivity index (χ0n) is 10.0. The van der Waals surface area contributed by atoms with Crippen LogP contribution in [-0.4, -0.2) is 26.5 Å². The van der Waals surface area contributed by atoms with Crippen LogP contribution in [0.5, 0.6) is 0 Å². The van der Waals surface area contributed by atoms with Crippen LogP contribution in [-0.2, 0) is 0 Å². The minimum absolute atomic E-state index is 0.0938. The summed E-state index contributed by atoms with van der Waals surface area (Å²) < 4.78 is 18.5. The molecule has 3 rings (SSSR count). The van der Waals surface area contributed by atoms with Crippen LogP contribution in [0.15, 0.2) is 41.1 Å². The van der Waals surface area contributed by atoms with Crippen LogP contribution >= 0.6 is 0 Å². The van der Waals surface area contributed by atoms with Crippen LogP contribution in [0, 0.1) is 5.82 Å². The molecule has 0 fully saturated rings. The van der Waals surface area contributed by atoms with Crippen molar-refractivity contribution in [3.05, 3.63) is 48.0 Å². The predicted molar refractivity (Wildman–Crippen MR) is 66.2 cm³/mol. The van der Waals surface area contributed by atoms with Crippen molar-refractivity contribution in [2.45, 2.75) is 0 Å². The summed E-state index contributed by atoms with van der Waals surface area (Å²) in [5.74, 6) is -0.832. The highest BCUT2D eigenvalue weighted by molar-refractivity contribution is 6.01. The standard InChI is InChI=1S/C12H8FN5O2/c13-8-4-2-1-3-7(8)9-5-11(20-17-9)15-12(19)10-6-14-18-16-10/h1-6H,(H,15,19)(H,14,16,18). The molecule has 0 bridgehead atoms. The predicted octanol–water partition coefficient (Wildman–Crippen LogP) is 1.85. The normalized spacial score (nSPS) is 10.4. The number of nitrogens with one attached hydrogen (secondary N) is 2. The molecule has 2 aromatic heterocycles. The first kappa shape index (κ1) is 12.0. The summed E-state index contributed by atoms with van der Waals surface area (Å²) in [5.41, 5.74) is 0.686. The molecule has 0 aliphatic rings. The maximum atomic E-state index is 13.6. The van der Waals surface area contributed by atoms with Gasteiger partial charge in [-0.05, 0) is 12.1 Å². The molecule has 0 saturated carbocycles. The number of nitrogens with zero attached hydrogens (tertiary/aromatic N) is 3. The molecule has 7 nitrogen and oxygen atoms in total. The molecule has 100 valence electrons. The van der Waals surface area contributed by atoms with Gasteiger partial charge in [0.1, 0.15) is 11.5 Å². The van der Waals surface area contributed by atoms with Crippen LogP contribution in [0.3, 0.4) is 0 Å². The highest BCUT2D eigenvalue weighted by Gasteiger charge is 2.14. The number of carbonyl (C=O) groups is 1. The van der Waals surface area contributed by atoms with Crippen molar-refractivity contribution in [1.29, 1.82) is 0 Å². The Bertz CT molecular complexity index is 738. The second-order valence-corrected chi connectivity index (χ2v) is 3.87. The lowest BCUT2D eigenvalue weighted by molar-refractivity contribution is 0.101. The van der Waals surface area contributed by atoms with Gasteiger partial charge in [0.15, 0.2) is 5.69 Å². The Labute approximate surface area is 111 Å². The number of hydrogen-bond donors (Lipinski definition) is 2. The highest BCUT2D eigenvalue weighted by atomic mass is 19.1. The Kier molecular flexibility index (Phi) is 2.96. The number of carbonyl (C=O) groups excluding carboxylic acids is 1. The van der Waals surface area contributed by atoms with Crippen LogP contribution in [0.25, 0.3) is 11.3 Å². The first-order chi connectivity index (χ1) is 9.74. The second kappa shape index (κ2) is 4.92. The van der Waals surface area contributed by atoms with Gasteiger partial charge in [0.2, 0.25) is 5.88 Å². The van der Waals surface area contributed by atoms with Crippen molar-refractivity contribution < 1.29 is 13.7 Å². The van der Waals surface area contributed by atoms with Gasteiger partial charge >= 0.3 is 0 Å². The topological polar surface area (TPSA) is 96.7 Å². The molecule has 0 spiro atoms. The summed E-state index contributed by atoms with van der Waals surface area (Å²) in [6.07, 6.45) is 1.27. The van der Waals surface area contributed by atoms with Crippen molar-refractivity contribution in [1.82, 2.24) is 20.6 Å². The van der Waals surface area contributed by atoms with Gasteiger partial charge < -0.3 is 4.52 Å². The Balaban J connectivity index is 1.81. The minimum atomic E-state index is -0.505. The SMILES string of the molecule is O=C(Nc1cc(-c2ccccc2F)no1)c1cn[nH]n1. The molecule has 1 aromatic carbocycles. The number of H-pyrrole nitrogens is 1. The molecule has 2 heterocycles. The zero-order chi connectivity index (χ0) is 13.9. The minimum Gasteiger partial charge on any atom is -0.338 e. The van der Waals surface area contributed by atoms with Gasteiger partial charge in [-0.1, -0.05) is 17.3 Å². The molecule has 2 N–H and O–H groups in total. The molecule has 8 heteroatoms. The number of aromatic amines is 1. The summed E-state index contributed by atoms with van der Waals surface area (Å²) in [6.45, 7) is 0. The smallest absolute Gasteiger partial charge is 0.280 e. The maximum Gasteiger partial charge on any atom is 0.280 e. The van der Waals surface area contributed by atoms with Crippen molar-refractivity contribution in [3.8, 4) is 11.3 Å². The van der Waals surface area contributed by atoms with Crippen molar-refractivity contribution in [3.63, 3.8) is 0 Å². The number of benzene rings is 1. The fraction of sp³-hybridized carbons (Fsp3) is 0. The molecule has 0 saturated heterocycles. The number of halogens is 1. The Hall–Kier alpha value is -3.03. The largest absolute Gasteiger partial charge is 0.338 e. The van der Waals surface area contributed by atoms with Gasteiger partial charge in [-0.3, -0.25) is 10.1 Å². The van der Waals surface area contributed by atoms with Crippen molar-refractivity contribution >= 4 is 11.8 Å². The zero-order valence-corrected chi connectivity index (χ0v) is 10.0. The summed E-state index contributed by atoms with van der Waals surface area (Å²) in [7, 11) is 0. The maximum absolute atomic E-state index is 13.6. The van der Waals surface area contributed by atoms with Crippen LogP contribution in [0.1, 0.15) is 10.5 Å². The number of anilines is 1. The van der Waals surface area contributed by atoms with Crippen molar-refractivity contribution in [2.75, 3.05) is 5.32 Å². The van der Waals surface area contributed by atoms with Gasteiger partial charge in [-0.15, -0.1) is 0 Å². The quantitative estimate of drug-likeness (QED) is 0.759. The average molecular weight is 273 g/mol. The molecular formula is C12H8FN5O2. The van der Waals surface area contributed by atoms with Gasteiger partial charge in [-0.25, -0.2) is 4.39 Å². The average Bonchev–Trinajstić information content (AvgIpc) is 3.10. The molecule has 0 aliphatic heterocycles. The number of amides is 1. The molecule has 0 atom stereocenters. The fourth-order valence-electron chi connectivity index (χ4n) is 1.62. The Morgan fingerprint density at radius 1 is 1.35 bits per heavy atom. The van der Waals surface area contributed by atoms with Gasteiger partial charge in [-0.2, -0.15) is 15.4 Å². The monoisotopic (exact) mass is 273 g/mol. The van der Waals surface area contributed by atoms with E-state index in [1.807, 2.05) is 0 Å². The molecule has 0 unspecified atom stereocenters. The lowest BCUT2D eigenvalue weighted by Crippen LogP contribution is -2.11. The molecule has 0 aliphatic carbocycles. The number of aromatic nitrogens is 4. The Morgan fingerprint density at radius 3 is 2.95 bits per heavy atom. The molecule has 1 amide bonds. The van der Waals surface area contributed by atoms with E-state index in [1.54, 1.807) is 18.2 Å². The van der Waals surface area contributed by atoms with E-state index in [2.05, 4.69) is 25.9 Å². The van der Waals surface area contributed by atoms with Gasteiger partial charge in [0.25, 0.3) is 5.91 Å². The summed E-state index contributed by atoms with van der Waals surface area (Å²) in [6, 6.07) is 7.57. The van der Waals surface area contributed by atoms with Gasteiger partial charge in [0.05, 0.1) is 6.20 Å². The molecule has 3 aromatic rings. The van der Waals surface area contributed by atoms with E-state index in [1.165, 1.54) is 18.3 Å². The van der Waals surface area contributed by atoms with Crippen LogP contribution in [0.4, 0.5) is 10.3 Å². The first-order valence-electron chi connectivity index (χ1n) is 5.63. The van der Waals surface area contributed by atoms with Crippen LogP contribution in [0.2, 0.25) is 0 Å². The first-order valence-corrected chi connectivity index (χ1v) is 5.63. The molecule has 20 heavy (non-hydrogen) atoms. The second-order valence-electron chi connectivity index (χ2n) is 3.87. The van der Waals surface area contributed by atoms with Gasteiger partial charge in [0, 0.05) is 11.6 Å². The van der Waals surface area contributed by atoms with Crippen LogP contribution < -0.4 is 5.32 Å². The molecular weight excluding hydrogens is 265 g/mol. The van der Waals surface area contributed by atoms with E-state index < -0.39 is 11.7 Å². The van der Waals surface area contributed by atoms with E-state index in [-0.39, 0.29) is 17.1 Å². The summed E-state index contributed by atoms with van der Waals surface area (Å²) in [4.78, 5) is 11.7. The van der Waals surface area contributed by atoms with E-state index in [0.717, 1.165) is 0 Å². The Morgan fingerprint density at radius 2 is 2.20 bits per heavy atom. The third-order valence-electron chi connectivity index (χ3n) is 2.54. The number of hydrogen-bond acceptors (Lipinski definition) is 5. The van der Waals surface area contributed by atoms with E-state index >= 15 is 0 Å². The van der Waals surface area contributed by atoms with Crippen molar-refractivity contribution in [2.24, 2.45) is 0 Å². The third kappa shape index (κ3) is 2.26. The van der Waals surface area contributed by atoms with E-state index in [4.69, 9.17) is 4.52 Å². The van der Waals surface area contributed by atoms with E-state index in [0.29, 0.717) is 5.69 Å². The summed E-state index contributed by atoms with van der Waals surface area (Å²) >= 11 is 0. The summed E-state index contributed by atoms with van der Waals surface area (Å²) in [5, 5.41) is 15.6. The molecule has 0 radical (unpaired) electrons. The third-order valence-corrected chi connectivity index (χ3v) is 2.54.